The number of aryl methyl sites for hydroxylation is 1. The van der Waals surface area contributed by atoms with Crippen LogP contribution in [0.25, 0.3) is 10.2 Å². The molecule has 5 rings (SSSR count). The number of rotatable bonds is 7. The molecular weight excluding hydrogens is 576 g/mol. The molecule has 2 N–H and O–H groups in total. The van der Waals surface area contributed by atoms with Crippen molar-refractivity contribution in [3.05, 3.63) is 69.3 Å². The summed E-state index contributed by atoms with van der Waals surface area (Å²) in [5.74, 6) is 0.270. The van der Waals surface area contributed by atoms with E-state index in [9.17, 15) is 9.59 Å². The van der Waals surface area contributed by atoms with E-state index in [-0.39, 0.29) is 17.5 Å². The van der Waals surface area contributed by atoms with Crippen LogP contribution < -0.4 is 15.5 Å². The summed E-state index contributed by atoms with van der Waals surface area (Å²) in [6.07, 6.45) is 3.04. The number of piperidine rings is 1. The summed E-state index contributed by atoms with van der Waals surface area (Å²) in [5, 5.41) is 11.5. The summed E-state index contributed by atoms with van der Waals surface area (Å²) >= 11 is 11.3. The molecule has 0 saturated carbocycles. The van der Waals surface area contributed by atoms with Crippen molar-refractivity contribution in [2.75, 3.05) is 29.9 Å². The van der Waals surface area contributed by atoms with E-state index >= 15 is 0 Å². The molecule has 0 aliphatic carbocycles. The highest BCUT2D eigenvalue weighted by Crippen LogP contribution is 2.32. The van der Waals surface area contributed by atoms with E-state index in [1.54, 1.807) is 42.6 Å². The standard InChI is InChI=1S/C26H26BrClN6O2S/c1-33-23(31-24(35)17-6-2-3-7-18(17)28)21(27)22(32-33)25(36)29-13-10-16-11-14-34(15-12-16)26-30-19-8-4-5-9-20(19)37-26/h2-9,16H,10-15H2,1H3,(H,29,36)(H,31,35). The Kier molecular flexibility index (Phi) is 7.78. The highest BCUT2D eigenvalue weighted by Gasteiger charge is 2.24. The molecule has 2 amide bonds. The maximum absolute atomic E-state index is 12.8. The van der Waals surface area contributed by atoms with Crippen molar-refractivity contribution in [2.45, 2.75) is 19.3 Å². The molecule has 0 radical (unpaired) electrons. The second-order valence-corrected chi connectivity index (χ2v) is 11.2. The van der Waals surface area contributed by atoms with E-state index in [2.05, 4.69) is 48.7 Å². The Morgan fingerprint density at radius 2 is 1.84 bits per heavy atom. The zero-order valence-corrected chi connectivity index (χ0v) is 23.4. The van der Waals surface area contributed by atoms with E-state index in [0.717, 1.165) is 43.0 Å². The molecule has 0 bridgehead atoms. The molecule has 37 heavy (non-hydrogen) atoms. The summed E-state index contributed by atoms with van der Waals surface area (Å²) < 4.78 is 3.11. The smallest absolute Gasteiger partial charge is 0.273 e. The highest BCUT2D eigenvalue weighted by atomic mass is 79.9. The van der Waals surface area contributed by atoms with Gasteiger partial charge in [0.1, 0.15) is 5.82 Å². The third-order valence-corrected chi connectivity index (χ3v) is 8.74. The molecule has 1 saturated heterocycles. The predicted octanol–water partition coefficient (Wildman–Crippen LogP) is 5.73. The quantitative estimate of drug-likeness (QED) is 0.282. The van der Waals surface area contributed by atoms with Crippen LogP contribution in [0.4, 0.5) is 10.9 Å². The van der Waals surface area contributed by atoms with Gasteiger partial charge < -0.3 is 15.5 Å². The lowest BCUT2D eigenvalue weighted by molar-refractivity contribution is 0.0943. The number of nitrogens with zero attached hydrogens (tertiary/aromatic N) is 4. The monoisotopic (exact) mass is 600 g/mol. The SMILES string of the molecule is Cn1nc(C(=O)NCCC2CCN(c3nc4ccccc4s3)CC2)c(Br)c1NC(=O)c1ccccc1Cl. The topological polar surface area (TPSA) is 92.2 Å². The molecule has 0 atom stereocenters. The summed E-state index contributed by atoms with van der Waals surface area (Å²) in [6.45, 7) is 2.51. The van der Waals surface area contributed by atoms with Crippen molar-refractivity contribution >= 4 is 71.8 Å². The fourth-order valence-electron chi connectivity index (χ4n) is 4.48. The number of fused-ring (bicyclic) bond motifs is 1. The molecule has 1 aliphatic rings. The second-order valence-electron chi connectivity index (χ2n) is 9.01. The highest BCUT2D eigenvalue weighted by molar-refractivity contribution is 9.10. The van der Waals surface area contributed by atoms with Crippen molar-refractivity contribution in [1.29, 1.82) is 0 Å². The first kappa shape index (κ1) is 25.7. The van der Waals surface area contributed by atoms with E-state index in [1.165, 1.54) is 9.38 Å². The van der Waals surface area contributed by atoms with Crippen molar-refractivity contribution in [3.8, 4) is 0 Å². The number of carbonyl (C=O) groups excluding carboxylic acids is 2. The third-order valence-electron chi connectivity index (χ3n) is 6.56. The van der Waals surface area contributed by atoms with Gasteiger partial charge in [0.2, 0.25) is 0 Å². The van der Waals surface area contributed by atoms with Gasteiger partial charge in [0, 0.05) is 26.7 Å². The first-order valence-corrected chi connectivity index (χ1v) is 14.1. The lowest BCUT2D eigenvalue weighted by Gasteiger charge is -2.31. The molecular formula is C26H26BrClN6O2S. The Balaban J connectivity index is 1.12. The van der Waals surface area contributed by atoms with Gasteiger partial charge in [-0.25, -0.2) is 4.98 Å². The fourth-order valence-corrected chi connectivity index (χ4v) is 6.33. The number of carbonyl (C=O) groups is 2. The zero-order chi connectivity index (χ0) is 25.9. The first-order chi connectivity index (χ1) is 17.9. The first-order valence-electron chi connectivity index (χ1n) is 12.1. The Labute approximate surface area is 232 Å². The van der Waals surface area contributed by atoms with Gasteiger partial charge in [0.15, 0.2) is 10.8 Å². The molecule has 2 aromatic heterocycles. The number of aromatic nitrogens is 3. The molecule has 192 valence electrons. The number of nitrogens with one attached hydrogen (secondary N) is 2. The molecule has 3 heterocycles. The van der Waals surface area contributed by atoms with Crippen LogP contribution in [0.3, 0.4) is 0 Å². The van der Waals surface area contributed by atoms with Crippen LogP contribution in [-0.4, -0.2) is 46.2 Å². The van der Waals surface area contributed by atoms with E-state index in [1.807, 2.05) is 12.1 Å². The van der Waals surface area contributed by atoms with Gasteiger partial charge in [-0.2, -0.15) is 5.10 Å². The Hall–Kier alpha value is -2.95. The number of hydrogen-bond acceptors (Lipinski definition) is 6. The maximum Gasteiger partial charge on any atom is 0.273 e. The van der Waals surface area contributed by atoms with Crippen LogP contribution in [-0.2, 0) is 7.05 Å². The molecule has 1 aliphatic heterocycles. The minimum atomic E-state index is -0.376. The van der Waals surface area contributed by atoms with Crippen molar-refractivity contribution < 1.29 is 9.59 Å². The lowest BCUT2D eigenvalue weighted by Crippen LogP contribution is -2.35. The van der Waals surface area contributed by atoms with Crippen LogP contribution in [0.2, 0.25) is 5.02 Å². The average Bonchev–Trinajstić information content (AvgIpc) is 3.46. The summed E-state index contributed by atoms with van der Waals surface area (Å²) in [4.78, 5) is 32.6. The molecule has 4 aromatic rings. The molecule has 0 unspecified atom stereocenters. The van der Waals surface area contributed by atoms with Crippen molar-refractivity contribution in [1.82, 2.24) is 20.1 Å². The van der Waals surface area contributed by atoms with Gasteiger partial charge in [-0.15, -0.1) is 0 Å². The number of hydrogen-bond donors (Lipinski definition) is 2. The van der Waals surface area contributed by atoms with Gasteiger partial charge in [0.25, 0.3) is 11.8 Å². The maximum atomic E-state index is 12.8. The van der Waals surface area contributed by atoms with Crippen molar-refractivity contribution in [2.24, 2.45) is 13.0 Å². The summed E-state index contributed by atoms with van der Waals surface area (Å²) in [5.41, 5.74) is 1.62. The Morgan fingerprint density at radius 1 is 1.11 bits per heavy atom. The summed E-state index contributed by atoms with van der Waals surface area (Å²) in [7, 11) is 1.67. The summed E-state index contributed by atoms with van der Waals surface area (Å²) in [6, 6.07) is 15.0. The van der Waals surface area contributed by atoms with Crippen LogP contribution in [0, 0.1) is 5.92 Å². The van der Waals surface area contributed by atoms with Crippen LogP contribution in [0.15, 0.2) is 53.0 Å². The molecule has 8 nitrogen and oxygen atoms in total. The van der Waals surface area contributed by atoms with E-state index < -0.39 is 0 Å². The number of thiazole rings is 1. The van der Waals surface area contributed by atoms with Gasteiger partial charge in [-0.1, -0.05) is 47.2 Å². The van der Waals surface area contributed by atoms with E-state index in [4.69, 9.17) is 16.6 Å². The Bertz CT molecular complexity index is 1410. The zero-order valence-electron chi connectivity index (χ0n) is 20.2. The van der Waals surface area contributed by atoms with Gasteiger partial charge in [-0.3, -0.25) is 14.3 Å². The third kappa shape index (κ3) is 5.66. The minimum absolute atomic E-state index is 0.225. The number of amides is 2. The van der Waals surface area contributed by atoms with Gasteiger partial charge >= 0.3 is 0 Å². The molecule has 11 heteroatoms. The van der Waals surface area contributed by atoms with Crippen LogP contribution in [0.5, 0.6) is 0 Å². The number of para-hydroxylation sites is 1. The second kappa shape index (κ2) is 11.2. The Morgan fingerprint density at radius 3 is 2.59 bits per heavy atom. The van der Waals surface area contributed by atoms with E-state index in [0.29, 0.717) is 33.3 Å². The lowest BCUT2D eigenvalue weighted by atomic mass is 9.94. The van der Waals surface area contributed by atoms with Gasteiger partial charge in [0.05, 0.1) is 25.3 Å². The van der Waals surface area contributed by atoms with Crippen LogP contribution in [0.1, 0.15) is 40.1 Å². The van der Waals surface area contributed by atoms with Crippen molar-refractivity contribution in [3.63, 3.8) is 0 Å². The normalized spacial score (nSPS) is 14.2. The number of anilines is 2. The van der Waals surface area contributed by atoms with Gasteiger partial charge in [-0.05, 0) is 65.4 Å². The molecule has 2 aromatic carbocycles. The number of halogens is 2. The number of benzene rings is 2. The average molecular weight is 602 g/mol. The van der Waals surface area contributed by atoms with Crippen LogP contribution >= 0.6 is 38.9 Å². The molecule has 1 fully saturated rings. The fraction of sp³-hybridized carbons (Fsp3) is 0.308. The largest absolute Gasteiger partial charge is 0.351 e. The molecule has 0 spiro atoms. The predicted molar refractivity (Wildman–Crippen MR) is 152 cm³/mol. The minimum Gasteiger partial charge on any atom is -0.351 e.